The third-order valence-corrected chi connectivity index (χ3v) is 5.41. The Morgan fingerprint density at radius 2 is 1.89 bits per heavy atom. The molecule has 2 aromatic rings. The Balaban J connectivity index is 1.74. The first-order valence-corrected chi connectivity index (χ1v) is 9.06. The lowest BCUT2D eigenvalue weighted by Crippen LogP contribution is -2.48. The Kier molecular flexibility index (Phi) is 4.44. The van der Waals surface area contributed by atoms with Gasteiger partial charge in [-0.05, 0) is 36.8 Å². The summed E-state index contributed by atoms with van der Waals surface area (Å²) in [7, 11) is 3.24. The number of methoxy groups -OCH3 is 2. The van der Waals surface area contributed by atoms with Gasteiger partial charge in [0, 0.05) is 18.7 Å². The molecule has 1 unspecified atom stereocenters. The van der Waals surface area contributed by atoms with E-state index >= 15 is 0 Å². The topological polar surface area (TPSA) is 54.4 Å². The fourth-order valence-electron chi connectivity index (χ4n) is 3.53. The number of amides is 1. The number of nitrogens with zero attached hydrogens (tertiary/aromatic N) is 3. The van der Waals surface area contributed by atoms with Crippen LogP contribution in [0.25, 0.3) is 0 Å². The third kappa shape index (κ3) is 2.90. The molecule has 0 N–H and O–H groups in total. The SMILES string of the molecule is COc1ccc(CN2Cc3c(ccc(OC)c3Cl)N3C2=NC(=O)C3C)cc1. The summed E-state index contributed by atoms with van der Waals surface area (Å²) in [5.41, 5.74) is 2.93. The molecule has 2 aliphatic rings. The molecule has 0 aliphatic carbocycles. The van der Waals surface area contributed by atoms with Crippen molar-refractivity contribution in [1.29, 1.82) is 0 Å². The molecule has 6 nitrogen and oxygen atoms in total. The van der Waals surface area contributed by atoms with E-state index in [1.807, 2.05) is 48.2 Å². The van der Waals surface area contributed by atoms with Crippen molar-refractivity contribution in [1.82, 2.24) is 4.90 Å². The van der Waals surface area contributed by atoms with E-state index in [1.54, 1.807) is 14.2 Å². The van der Waals surface area contributed by atoms with E-state index in [2.05, 4.69) is 9.89 Å². The molecule has 1 amide bonds. The number of ether oxygens (including phenoxy) is 2. The van der Waals surface area contributed by atoms with Crippen LogP contribution in [0.2, 0.25) is 5.02 Å². The fourth-order valence-corrected chi connectivity index (χ4v) is 3.83. The highest BCUT2D eigenvalue weighted by molar-refractivity contribution is 6.33. The second kappa shape index (κ2) is 6.78. The van der Waals surface area contributed by atoms with Gasteiger partial charge in [-0.3, -0.25) is 9.69 Å². The number of rotatable bonds is 4. The zero-order valence-electron chi connectivity index (χ0n) is 15.4. The van der Waals surface area contributed by atoms with Gasteiger partial charge in [-0.2, -0.15) is 4.99 Å². The maximum Gasteiger partial charge on any atom is 0.271 e. The fraction of sp³-hybridized carbons (Fsp3) is 0.300. The summed E-state index contributed by atoms with van der Waals surface area (Å²) < 4.78 is 10.6. The summed E-state index contributed by atoms with van der Waals surface area (Å²) in [6, 6.07) is 11.3. The van der Waals surface area contributed by atoms with E-state index in [4.69, 9.17) is 21.1 Å². The Hall–Kier alpha value is -2.73. The van der Waals surface area contributed by atoms with Crippen LogP contribution in [0.4, 0.5) is 5.69 Å². The first-order chi connectivity index (χ1) is 13.0. The first-order valence-electron chi connectivity index (χ1n) is 8.68. The number of carbonyl (C=O) groups is 1. The van der Waals surface area contributed by atoms with Crippen LogP contribution in [0.5, 0.6) is 11.5 Å². The molecule has 4 rings (SSSR count). The second-order valence-electron chi connectivity index (χ2n) is 6.58. The zero-order valence-corrected chi connectivity index (χ0v) is 16.2. The van der Waals surface area contributed by atoms with Gasteiger partial charge < -0.3 is 14.4 Å². The number of anilines is 1. The molecular weight excluding hydrogens is 366 g/mol. The minimum atomic E-state index is -0.359. The zero-order chi connectivity index (χ0) is 19.1. The van der Waals surface area contributed by atoms with Crippen LogP contribution in [0, 0.1) is 0 Å². The lowest BCUT2D eigenvalue weighted by Gasteiger charge is -2.39. The largest absolute Gasteiger partial charge is 0.497 e. The van der Waals surface area contributed by atoms with Crippen molar-refractivity contribution in [3.63, 3.8) is 0 Å². The Morgan fingerprint density at radius 1 is 1.15 bits per heavy atom. The average molecular weight is 386 g/mol. The molecule has 2 aliphatic heterocycles. The number of hydrogen-bond donors (Lipinski definition) is 0. The summed E-state index contributed by atoms with van der Waals surface area (Å²) in [5, 5.41) is 0.570. The molecule has 2 aromatic carbocycles. The van der Waals surface area contributed by atoms with E-state index < -0.39 is 0 Å². The number of fused-ring (bicyclic) bond motifs is 3. The Bertz CT molecular complexity index is 927. The summed E-state index contributed by atoms with van der Waals surface area (Å²) in [5.74, 6) is 1.94. The van der Waals surface area contributed by atoms with Crippen LogP contribution in [0.15, 0.2) is 41.4 Å². The van der Waals surface area contributed by atoms with Gasteiger partial charge in [0.25, 0.3) is 5.91 Å². The van der Waals surface area contributed by atoms with Crippen LogP contribution in [0.1, 0.15) is 18.1 Å². The van der Waals surface area contributed by atoms with Crippen LogP contribution < -0.4 is 14.4 Å². The van der Waals surface area contributed by atoms with Gasteiger partial charge in [-0.25, -0.2) is 0 Å². The lowest BCUT2D eigenvalue weighted by molar-refractivity contribution is -0.117. The van der Waals surface area contributed by atoms with Crippen LogP contribution in [-0.2, 0) is 17.9 Å². The summed E-state index contributed by atoms with van der Waals surface area (Å²) in [4.78, 5) is 20.6. The number of guanidine groups is 1. The van der Waals surface area contributed by atoms with E-state index in [0.717, 1.165) is 22.6 Å². The van der Waals surface area contributed by atoms with Crippen molar-refractivity contribution in [2.75, 3.05) is 19.1 Å². The second-order valence-corrected chi connectivity index (χ2v) is 6.96. The van der Waals surface area contributed by atoms with Crippen LogP contribution >= 0.6 is 11.6 Å². The predicted molar refractivity (Wildman–Crippen MR) is 105 cm³/mol. The average Bonchev–Trinajstić information content (AvgIpc) is 2.99. The Labute approximate surface area is 163 Å². The Morgan fingerprint density at radius 3 is 2.56 bits per heavy atom. The molecule has 0 saturated heterocycles. The maximum atomic E-state index is 12.3. The molecule has 2 heterocycles. The molecule has 0 fully saturated rings. The molecule has 0 spiro atoms. The molecule has 0 saturated carbocycles. The highest BCUT2D eigenvalue weighted by atomic mass is 35.5. The van der Waals surface area contributed by atoms with Crippen molar-refractivity contribution in [3.8, 4) is 11.5 Å². The molecule has 1 atom stereocenters. The molecule has 0 radical (unpaired) electrons. The van der Waals surface area contributed by atoms with E-state index in [0.29, 0.717) is 29.8 Å². The van der Waals surface area contributed by atoms with Crippen LogP contribution in [-0.4, -0.2) is 37.0 Å². The number of hydrogen-bond acceptors (Lipinski definition) is 5. The number of aliphatic imine (C=N–C) groups is 1. The number of halogens is 1. The maximum absolute atomic E-state index is 12.3. The lowest BCUT2D eigenvalue weighted by atomic mass is 10.1. The van der Waals surface area contributed by atoms with Crippen molar-refractivity contribution < 1.29 is 14.3 Å². The molecule has 0 bridgehead atoms. The summed E-state index contributed by atoms with van der Waals surface area (Å²) in [6.45, 7) is 3.01. The van der Waals surface area contributed by atoms with Crippen LogP contribution in [0.3, 0.4) is 0 Å². The molecular formula is C20H20ClN3O3. The van der Waals surface area contributed by atoms with Gasteiger partial charge in [-0.1, -0.05) is 23.7 Å². The van der Waals surface area contributed by atoms with Gasteiger partial charge in [0.05, 0.1) is 24.9 Å². The van der Waals surface area contributed by atoms with Crippen molar-refractivity contribution in [2.24, 2.45) is 4.99 Å². The minimum absolute atomic E-state index is 0.149. The molecule has 27 heavy (non-hydrogen) atoms. The predicted octanol–water partition coefficient (Wildman–Crippen LogP) is 3.46. The standard InChI is InChI=1S/C20H20ClN3O3/c1-12-19(25)22-20-23(10-13-4-6-14(26-2)7-5-13)11-15-16(24(12)20)8-9-17(27-3)18(15)21/h4-9,12H,10-11H2,1-3H3. The minimum Gasteiger partial charge on any atom is -0.497 e. The number of carbonyl (C=O) groups excluding carboxylic acids is 1. The van der Waals surface area contributed by atoms with Gasteiger partial charge in [0.2, 0.25) is 5.96 Å². The molecule has 140 valence electrons. The highest BCUT2D eigenvalue weighted by Crippen LogP contribution is 2.41. The van der Waals surface area contributed by atoms with Crippen molar-refractivity contribution in [2.45, 2.75) is 26.1 Å². The van der Waals surface area contributed by atoms with E-state index in [-0.39, 0.29) is 11.9 Å². The highest BCUT2D eigenvalue weighted by Gasteiger charge is 2.41. The van der Waals surface area contributed by atoms with E-state index in [9.17, 15) is 4.79 Å². The normalized spacial score (nSPS) is 18.1. The van der Waals surface area contributed by atoms with Gasteiger partial charge >= 0.3 is 0 Å². The summed E-state index contributed by atoms with van der Waals surface area (Å²) >= 11 is 6.59. The molecule has 0 aromatic heterocycles. The van der Waals surface area contributed by atoms with Gasteiger partial charge in [0.15, 0.2) is 0 Å². The van der Waals surface area contributed by atoms with Crippen molar-refractivity contribution >= 4 is 29.2 Å². The molecule has 7 heteroatoms. The van der Waals surface area contributed by atoms with E-state index in [1.165, 1.54) is 0 Å². The van der Waals surface area contributed by atoms with Gasteiger partial charge in [0.1, 0.15) is 17.5 Å². The quantitative estimate of drug-likeness (QED) is 0.806. The van der Waals surface area contributed by atoms with Gasteiger partial charge in [-0.15, -0.1) is 0 Å². The first kappa shape index (κ1) is 17.7. The third-order valence-electron chi connectivity index (χ3n) is 5.00. The smallest absolute Gasteiger partial charge is 0.271 e. The summed E-state index contributed by atoms with van der Waals surface area (Å²) in [6.07, 6.45) is 0. The monoisotopic (exact) mass is 385 g/mol. The van der Waals surface area contributed by atoms with Crippen molar-refractivity contribution in [3.05, 3.63) is 52.5 Å². The number of benzene rings is 2.